The van der Waals surface area contributed by atoms with Gasteiger partial charge in [-0.2, -0.15) is 0 Å². The molecule has 1 aromatic heterocycles. The number of hydrogen-bond acceptors (Lipinski definition) is 4. The van der Waals surface area contributed by atoms with Crippen LogP contribution < -0.4 is 10.1 Å². The third-order valence-corrected chi connectivity index (χ3v) is 3.81. The zero-order valence-corrected chi connectivity index (χ0v) is 8.50. The van der Waals surface area contributed by atoms with Crippen LogP contribution in [0.25, 0.3) is 0 Å². The van der Waals surface area contributed by atoms with Gasteiger partial charge < -0.3 is 4.74 Å². The largest absolute Gasteiger partial charge is 0.491 e. The topological polar surface area (TPSA) is 21.3 Å². The van der Waals surface area contributed by atoms with Gasteiger partial charge in [0, 0.05) is 6.54 Å². The summed E-state index contributed by atoms with van der Waals surface area (Å²) in [6.45, 7) is 1.72. The first kappa shape index (κ1) is 8.41. The van der Waals surface area contributed by atoms with Crippen LogP contribution in [-0.4, -0.2) is 19.4 Å². The van der Waals surface area contributed by atoms with Gasteiger partial charge in [0.15, 0.2) is 0 Å². The molecule has 0 fully saturated rings. The highest BCUT2D eigenvalue weighted by Gasteiger charge is 2.18. The van der Waals surface area contributed by atoms with E-state index in [1.807, 2.05) is 11.8 Å². The second-order valence-corrected chi connectivity index (χ2v) is 4.46. The number of nitrogens with one attached hydrogen (secondary N) is 1. The number of ether oxygens (including phenoxy) is 1. The number of fused-ring (bicyclic) bond motifs is 1. The highest BCUT2D eigenvalue weighted by Crippen LogP contribution is 2.37. The average molecular weight is 201 g/mol. The van der Waals surface area contributed by atoms with Crippen molar-refractivity contribution in [2.24, 2.45) is 0 Å². The Morgan fingerprint density at radius 3 is 3.50 bits per heavy atom. The van der Waals surface area contributed by atoms with Crippen molar-refractivity contribution in [1.29, 1.82) is 0 Å². The standard InChI is InChI=1S/C8H11NOS2/c1-11-8-7-6(2-5-12-7)10-4-3-9-8/h2,5,8-9H,3-4H2,1H3. The van der Waals surface area contributed by atoms with E-state index in [2.05, 4.69) is 23.0 Å². The fraction of sp³-hybridized carbons (Fsp3) is 0.500. The predicted molar refractivity (Wildman–Crippen MR) is 54.1 cm³/mol. The fourth-order valence-corrected chi connectivity index (χ4v) is 3.11. The zero-order valence-electron chi connectivity index (χ0n) is 6.87. The molecule has 1 aliphatic rings. The van der Waals surface area contributed by atoms with E-state index in [9.17, 15) is 0 Å². The fourth-order valence-electron chi connectivity index (χ4n) is 1.25. The molecule has 1 aromatic rings. The molecular formula is C8H11NOS2. The van der Waals surface area contributed by atoms with E-state index in [1.165, 1.54) is 4.88 Å². The SMILES string of the molecule is CSC1NCCOc2ccsc21. The molecule has 0 radical (unpaired) electrons. The molecule has 4 heteroatoms. The highest BCUT2D eigenvalue weighted by molar-refractivity contribution is 7.98. The molecule has 0 bridgehead atoms. The molecule has 0 aromatic carbocycles. The monoisotopic (exact) mass is 201 g/mol. The Balaban J connectivity index is 2.29. The summed E-state index contributed by atoms with van der Waals surface area (Å²) < 4.78 is 5.56. The van der Waals surface area contributed by atoms with E-state index in [4.69, 9.17) is 4.74 Å². The van der Waals surface area contributed by atoms with Gasteiger partial charge in [-0.05, 0) is 17.7 Å². The summed E-state index contributed by atoms with van der Waals surface area (Å²) in [5.74, 6) is 1.06. The summed E-state index contributed by atoms with van der Waals surface area (Å²) in [7, 11) is 0. The summed E-state index contributed by atoms with van der Waals surface area (Å²) >= 11 is 3.59. The summed E-state index contributed by atoms with van der Waals surface area (Å²) in [6, 6.07) is 2.05. The van der Waals surface area contributed by atoms with Crippen molar-refractivity contribution < 1.29 is 4.74 Å². The molecule has 1 unspecified atom stereocenters. The number of thioether (sulfide) groups is 1. The Hall–Kier alpha value is -0.190. The Morgan fingerprint density at radius 2 is 2.67 bits per heavy atom. The highest BCUT2D eigenvalue weighted by atomic mass is 32.2. The zero-order chi connectivity index (χ0) is 8.39. The Bertz CT molecular complexity index is 261. The molecular weight excluding hydrogens is 190 g/mol. The molecule has 12 heavy (non-hydrogen) atoms. The number of hydrogen-bond donors (Lipinski definition) is 1. The van der Waals surface area contributed by atoms with Gasteiger partial charge in [0.2, 0.25) is 0 Å². The third kappa shape index (κ3) is 1.46. The quantitative estimate of drug-likeness (QED) is 0.752. The first-order valence-electron chi connectivity index (χ1n) is 3.88. The predicted octanol–water partition coefficient (Wildman–Crippen LogP) is 2.09. The molecule has 2 rings (SSSR count). The molecule has 0 spiro atoms. The van der Waals surface area contributed by atoms with E-state index >= 15 is 0 Å². The van der Waals surface area contributed by atoms with Gasteiger partial charge in [-0.25, -0.2) is 0 Å². The molecule has 66 valence electrons. The van der Waals surface area contributed by atoms with Crippen LogP contribution in [0.4, 0.5) is 0 Å². The molecule has 2 heterocycles. The first-order valence-corrected chi connectivity index (χ1v) is 6.05. The van der Waals surface area contributed by atoms with Gasteiger partial charge in [0.1, 0.15) is 12.4 Å². The van der Waals surface area contributed by atoms with Crippen LogP contribution in [0.5, 0.6) is 5.75 Å². The number of thiophene rings is 1. The van der Waals surface area contributed by atoms with E-state index in [0.717, 1.165) is 18.9 Å². The molecule has 0 aliphatic carbocycles. The molecule has 0 saturated carbocycles. The maximum Gasteiger partial charge on any atom is 0.135 e. The lowest BCUT2D eigenvalue weighted by Crippen LogP contribution is -2.20. The Labute approximate surface area is 80.3 Å². The summed E-state index contributed by atoms with van der Waals surface area (Å²) in [5.41, 5.74) is 0. The second kappa shape index (κ2) is 3.68. The minimum absolute atomic E-state index is 0.419. The lowest BCUT2D eigenvalue weighted by Gasteiger charge is -2.10. The third-order valence-electron chi connectivity index (χ3n) is 1.82. The molecule has 1 atom stereocenters. The maximum absolute atomic E-state index is 5.56. The van der Waals surface area contributed by atoms with Crippen LogP contribution >= 0.6 is 23.1 Å². The van der Waals surface area contributed by atoms with E-state index < -0.39 is 0 Å². The molecule has 1 aliphatic heterocycles. The van der Waals surface area contributed by atoms with E-state index in [0.29, 0.717) is 5.37 Å². The van der Waals surface area contributed by atoms with E-state index in [1.54, 1.807) is 11.3 Å². The van der Waals surface area contributed by atoms with Crippen LogP contribution in [0.2, 0.25) is 0 Å². The van der Waals surface area contributed by atoms with Crippen LogP contribution in [0.1, 0.15) is 10.3 Å². The van der Waals surface area contributed by atoms with Gasteiger partial charge >= 0.3 is 0 Å². The van der Waals surface area contributed by atoms with Crippen molar-refractivity contribution >= 4 is 23.1 Å². The van der Waals surface area contributed by atoms with Crippen molar-refractivity contribution in [2.75, 3.05) is 19.4 Å². The Morgan fingerprint density at radius 1 is 1.75 bits per heavy atom. The van der Waals surface area contributed by atoms with Crippen molar-refractivity contribution in [1.82, 2.24) is 5.32 Å². The first-order chi connectivity index (χ1) is 5.92. The van der Waals surface area contributed by atoms with Gasteiger partial charge in [0.25, 0.3) is 0 Å². The van der Waals surface area contributed by atoms with E-state index in [-0.39, 0.29) is 0 Å². The van der Waals surface area contributed by atoms with Gasteiger partial charge in [-0.3, -0.25) is 5.32 Å². The molecule has 0 saturated heterocycles. The second-order valence-electron chi connectivity index (χ2n) is 2.57. The normalized spacial score (nSPS) is 22.6. The molecule has 1 N–H and O–H groups in total. The van der Waals surface area contributed by atoms with Gasteiger partial charge in [-0.15, -0.1) is 23.1 Å². The van der Waals surface area contributed by atoms with Crippen molar-refractivity contribution in [3.8, 4) is 5.75 Å². The average Bonchev–Trinajstić information content (AvgIpc) is 2.46. The summed E-state index contributed by atoms with van der Waals surface area (Å²) in [6.07, 6.45) is 2.12. The molecule has 0 amide bonds. The summed E-state index contributed by atoms with van der Waals surface area (Å²) in [4.78, 5) is 1.32. The van der Waals surface area contributed by atoms with Crippen molar-refractivity contribution in [3.63, 3.8) is 0 Å². The number of rotatable bonds is 1. The molecule has 2 nitrogen and oxygen atoms in total. The summed E-state index contributed by atoms with van der Waals surface area (Å²) in [5, 5.41) is 5.93. The Kier molecular flexibility index (Phi) is 2.58. The van der Waals surface area contributed by atoms with Crippen molar-refractivity contribution in [3.05, 3.63) is 16.3 Å². The van der Waals surface area contributed by atoms with Crippen LogP contribution in [0.15, 0.2) is 11.4 Å². The lowest BCUT2D eigenvalue weighted by molar-refractivity contribution is 0.326. The smallest absolute Gasteiger partial charge is 0.135 e. The maximum atomic E-state index is 5.56. The minimum Gasteiger partial charge on any atom is -0.491 e. The van der Waals surface area contributed by atoms with Crippen LogP contribution in [0.3, 0.4) is 0 Å². The van der Waals surface area contributed by atoms with Crippen LogP contribution in [0, 0.1) is 0 Å². The van der Waals surface area contributed by atoms with Gasteiger partial charge in [0.05, 0.1) is 10.3 Å². The lowest BCUT2D eigenvalue weighted by atomic mass is 10.4. The van der Waals surface area contributed by atoms with Crippen LogP contribution in [-0.2, 0) is 0 Å². The van der Waals surface area contributed by atoms with Crippen molar-refractivity contribution in [2.45, 2.75) is 5.37 Å². The van der Waals surface area contributed by atoms with Gasteiger partial charge in [-0.1, -0.05) is 0 Å². The minimum atomic E-state index is 0.419.